The van der Waals surface area contributed by atoms with E-state index < -0.39 is 11.9 Å². The second kappa shape index (κ2) is 8.15. The lowest BCUT2D eigenvalue weighted by atomic mass is 9.72. The largest absolute Gasteiger partial charge is 0.433 e. The Kier molecular flexibility index (Phi) is 5.41. The topological polar surface area (TPSA) is 50.5 Å². The Morgan fingerprint density at radius 3 is 2.52 bits per heavy atom. The van der Waals surface area contributed by atoms with Gasteiger partial charge in [0.15, 0.2) is 17.0 Å². The number of hydrogen-bond acceptors (Lipinski definition) is 3. The fourth-order valence-electron chi connectivity index (χ4n) is 5.60. The summed E-state index contributed by atoms with van der Waals surface area (Å²) in [6.07, 6.45) is 0.428. The zero-order chi connectivity index (χ0) is 23.3. The van der Waals surface area contributed by atoms with Crippen molar-refractivity contribution in [3.8, 4) is 11.3 Å². The first-order valence-electron chi connectivity index (χ1n) is 11.6. The first-order valence-corrected chi connectivity index (χ1v) is 11.6. The van der Waals surface area contributed by atoms with E-state index in [2.05, 4.69) is 17.0 Å². The van der Waals surface area contributed by atoms with E-state index in [-0.39, 0.29) is 35.0 Å². The molecular formula is C25H27F3N4O. The highest BCUT2D eigenvalue weighted by atomic mass is 19.4. The molecule has 0 unspecified atom stereocenters. The fourth-order valence-corrected chi connectivity index (χ4v) is 5.60. The summed E-state index contributed by atoms with van der Waals surface area (Å²) in [6.45, 7) is 4.27. The molecule has 8 heteroatoms. The molecule has 5 rings (SSSR count). The molecule has 33 heavy (non-hydrogen) atoms. The van der Waals surface area contributed by atoms with Gasteiger partial charge in [-0.1, -0.05) is 37.3 Å². The molecule has 5 nitrogen and oxygen atoms in total. The molecule has 0 N–H and O–H groups in total. The van der Waals surface area contributed by atoms with Crippen LogP contribution in [0.15, 0.2) is 42.5 Å². The van der Waals surface area contributed by atoms with Gasteiger partial charge in [0.05, 0.1) is 5.69 Å². The molecule has 0 spiro atoms. The van der Waals surface area contributed by atoms with Crippen LogP contribution < -0.4 is 0 Å². The molecule has 1 saturated heterocycles. The van der Waals surface area contributed by atoms with E-state index in [1.165, 1.54) is 6.07 Å². The number of carbonyl (C=O) groups is 1. The Bertz CT molecular complexity index is 1170. The van der Waals surface area contributed by atoms with Crippen molar-refractivity contribution >= 4 is 11.6 Å². The lowest BCUT2D eigenvalue weighted by molar-refractivity contribution is -0.142. The van der Waals surface area contributed by atoms with E-state index in [1.807, 2.05) is 11.8 Å². The number of carbonyl (C=O) groups excluding carboxylic acids is 1. The normalized spacial score (nSPS) is 25.8. The summed E-state index contributed by atoms with van der Waals surface area (Å²) in [5.41, 5.74) is -0.137. The molecule has 3 heterocycles. The number of rotatable bonds is 2. The van der Waals surface area contributed by atoms with Crippen molar-refractivity contribution in [2.24, 2.45) is 11.8 Å². The average Bonchev–Trinajstić information content (AvgIpc) is 3.22. The smallest absolute Gasteiger partial charge is 0.331 e. The van der Waals surface area contributed by atoms with Crippen LogP contribution in [0.3, 0.4) is 0 Å². The number of nitrogens with zero attached hydrogens (tertiary/aromatic N) is 4. The molecule has 1 saturated carbocycles. The van der Waals surface area contributed by atoms with Crippen LogP contribution in [0, 0.1) is 11.8 Å². The first kappa shape index (κ1) is 21.9. The maximum Gasteiger partial charge on any atom is 0.433 e. The number of hydrogen-bond donors (Lipinski definition) is 0. The Morgan fingerprint density at radius 2 is 1.79 bits per heavy atom. The lowest BCUT2D eigenvalue weighted by Crippen LogP contribution is -2.54. The molecule has 1 aliphatic heterocycles. The van der Waals surface area contributed by atoms with Gasteiger partial charge in [-0.05, 0) is 56.9 Å². The highest BCUT2D eigenvalue weighted by molar-refractivity contribution is 5.94. The minimum absolute atomic E-state index is 0.0179. The summed E-state index contributed by atoms with van der Waals surface area (Å²) >= 11 is 0. The number of halogens is 3. The second-order valence-electron chi connectivity index (χ2n) is 9.57. The maximum atomic E-state index is 13.9. The van der Waals surface area contributed by atoms with Gasteiger partial charge in [-0.2, -0.15) is 18.3 Å². The molecule has 3 aromatic rings. The fraction of sp³-hybridized carbons (Fsp3) is 0.480. The summed E-state index contributed by atoms with van der Waals surface area (Å²) in [5.74, 6) is 0.785. The van der Waals surface area contributed by atoms with Gasteiger partial charge in [0, 0.05) is 23.7 Å². The molecular weight excluding hydrogens is 429 g/mol. The summed E-state index contributed by atoms with van der Waals surface area (Å²) in [6, 6.07) is 11.3. The predicted molar refractivity (Wildman–Crippen MR) is 119 cm³/mol. The van der Waals surface area contributed by atoms with E-state index in [1.54, 1.807) is 30.3 Å². The molecule has 174 valence electrons. The van der Waals surface area contributed by atoms with Crippen molar-refractivity contribution in [3.63, 3.8) is 0 Å². The standard InChI is InChI=1S/C25H27F3N4O/c1-15-8-11-21-18(12-15)10-9-16(2)31(21)24(33)20-14-23-29-19(17-6-4-3-5-7-17)13-22(25(26,27)28)32(23)30-20/h3-7,13-16,18,21H,8-12H2,1-2H3/t15-,16-,18+,21+/m0/s1. The zero-order valence-electron chi connectivity index (χ0n) is 18.7. The van der Waals surface area contributed by atoms with Gasteiger partial charge >= 0.3 is 6.18 Å². The highest BCUT2D eigenvalue weighted by Crippen LogP contribution is 2.41. The third kappa shape index (κ3) is 4.00. The van der Waals surface area contributed by atoms with Gasteiger partial charge < -0.3 is 4.90 Å². The Labute approximate surface area is 190 Å². The number of fused-ring (bicyclic) bond motifs is 2. The number of alkyl halides is 3. The van der Waals surface area contributed by atoms with Crippen LogP contribution in [0.4, 0.5) is 13.2 Å². The van der Waals surface area contributed by atoms with Crippen LogP contribution in [0.2, 0.25) is 0 Å². The summed E-state index contributed by atoms with van der Waals surface area (Å²) in [5, 5.41) is 4.12. The van der Waals surface area contributed by atoms with Crippen LogP contribution in [0.1, 0.15) is 62.1 Å². The van der Waals surface area contributed by atoms with E-state index >= 15 is 0 Å². The lowest BCUT2D eigenvalue weighted by Gasteiger charge is -2.48. The monoisotopic (exact) mass is 456 g/mol. The second-order valence-corrected chi connectivity index (χ2v) is 9.57. The van der Waals surface area contributed by atoms with Crippen LogP contribution in [-0.4, -0.2) is 37.5 Å². The van der Waals surface area contributed by atoms with Gasteiger partial charge in [-0.3, -0.25) is 4.79 Å². The number of benzene rings is 1. The number of amides is 1. The molecule has 1 aliphatic carbocycles. The third-order valence-corrected chi connectivity index (χ3v) is 7.23. The minimum atomic E-state index is -4.64. The minimum Gasteiger partial charge on any atom is -0.331 e. The van der Waals surface area contributed by atoms with Crippen molar-refractivity contribution in [1.82, 2.24) is 19.5 Å². The first-order chi connectivity index (χ1) is 15.7. The van der Waals surface area contributed by atoms with Crippen molar-refractivity contribution < 1.29 is 18.0 Å². The van der Waals surface area contributed by atoms with Crippen LogP contribution in [-0.2, 0) is 6.18 Å². The van der Waals surface area contributed by atoms with Crippen LogP contribution in [0.5, 0.6) is 0 Å². The molecule has 1 aromatic carbocycles. The molecule has 2 fully saturated rings. The Balaban J connectivity index is 1.57. The van der Waals surface area contributed by atoms with Crippen molar-refractivity contribution in [2.45, 2.75) is 64.2 Å². The summed E-state index contributed by atoms with van der Waals surface area (Å²) in [7, 11) is 0. The van der Waals surface area contributed by atoms with Crippen molar-refractivity contribution in [1.29, 1.82) is 0 Å². The van der Waals surface area contributed by atoms with Gasteiger partial charge in [0.2, 0.25) is 0 Å². The quantitative estimate of drug-likeness (QED) is 0.487. The van der Waals surface area contributed by atoms with E-state index in [0.717, 1.165) is 42.7 Å². The van der Waals surface area contributed by atoms with Gasteiger partial charge in [0.1, 0.15) is 0 Å². The molecule has 1 amide bonds. The molecule has 2 aromatic heterocycles. The number of likely N-dealkylation sites (tertiary alicyclic amines) is 1. The molecule has 4 atom stereocenters. The van der Waals surface area contributed by atoms with Crippen LogP contribution in [0.25, 0.3) is 16.9 Å². The van der Waals surface area contributed by atoms with Gasteiger partial charge in [-0.15, -0.1) is 0 Å². The highest BCUT2D eigenvalue weighted by Gasteiger charge is 2.42. The third-order valence-electron chi connectivity index (χ3n) is 7.23. The number of piperidine rings is 1. The summed E-state index contributed by atoms with van der Waals surface area (Å²) in [4.78, 5) is 19.9. The molecule has 0 radical (unpaired) electrons. The number of aromatic nitrogens is 3. The van der Waals surface area contributed by atoms with E-state index in [9.17, 15) is 18.0 Å². The summed E-state index contributed by atoms with van der Waals surface area (Å²) < 4.78 is 42.5. The van der Waals surface area contributed by atoms with Gasteiger partial charge in [0.25, 0.3) is 5.91 Å². The molecule has 0 bridgehead atoms. The van der Waals surface area contributed by atoms with Crippen molar-refractivity contribution in [3.05, 3.63) is 53.9 Å². The van der Waals surface area contributed by atoms with E-state index in [4.69, 9.17) is 0 Å². The average molecular weight is 457 g/mol. The Hall–Kier alpha value is -2.90. The van der Waals surface area contributed by atoms with Crippen molar-refractivity contribution in [2.75, 3.05) is 0 Å². The SMILES string of the molecule is C[C@H]1CC[C@@H]2[C@H](CC[C@H](C)N2C(=O)c2cc3nc(-c4ccccc4)cc(C(F)(F)F)n3n2)C1. The molecule has 2 aliphatic rings. The van der Waals surface area contributed by atoms with E-state index in [0.29, 0.717) is 17.4 Å². The van der Waals surface area contributed by atoms with Crippen LogP contribution >= 0.6 is 0 Å². The predicted octanol–water partition coefficient (Wildman–Crippen LogP) is 5.84. The van der Waals surface area contributed by atoms with Gasteiger partial charge in [-0.25, -0.2) is 9.50 Å². The Morgan fingerprint density at radius 1 is 1.03 bits per heavy atom. The maximum absolute atomic E-state index is 13.9. The zero-order valence-corrected chi connectivity index (χ0v) is 18.7.